The summed E-state index contributed by atoms with van der Waals surface area (Å²) in [6.45, 7) is 10.5. The van der Waals surface area contributed by atoms with Crippen LogP contribution in [0.3, 0.4) is 0 Å². The van der Waals surface area contributed by atoms with E-state index in [0.717, 1.165) is 23.5 Å². The Bertz CT molecular complexity index is 456. The van der Waals surface area contributed by atoms with Gasteiger partial charge in [0.05, 0.1) is 11.4 Å². The second kappa shape index (κ2) is 4.12. The van der Waals surface area contributed by atoms with Crippen molar-refractivity contribution in [2.45, 2.75) is 33.1 Å². The molecule has 0 saturated carbocycles. The maximum Gasteiger partial charge on any atom is 0.0868 e. The summed E-state index contributed by atoms with van der Waals surface area (Å²) in [6, 6.07) is 2.17. The Morgan fingerprint density at radius 2 is 2.19 bits per heavy atom. The van der Waals surface area contributed by atoms with Gasteiger partial charge in [0.15, 0.2) is 0 Å². The molecule has 0 saturated heterocycles. The van der Waals surface area contributed by atoms with Gasteiger partial charge in [-0.3, -0.25) is 4.98 Å². The molecule has 0 aromatic carbocycles. The number of pyridine rings is 1. The van der Waals surface area contributed by atoms with Crippen molar-refractivity contribution in [3.05, 3.63) is 41.4 Å². The second-order valence-corrected chi connectivity index (χ2v) is 4.48. The van der Waals surface area contributed by atoms with Crippen LogP contribution in [0.1, 0.15) is 44.4 Å². The van der Waals surface area contributed by atoms with Crippen LogP contribution in [0.4, 0.5) is 5.69 Å². The van der Waals surface area contributed by atoms with Gasteiger partial charge in [0, 0.05) is 11.9 Å². The van der Waals surface area contributed by atoms with E-state index < -0.39 is 0 Å². The third-order valence-electron chi connectivity index (χ3n) is 2.97. The van der Waals surface area contributed by atoms with Gasteiger partial charge in [0.2, 0.25) is 0 Å². The number of nitrogens with one attached hydrogen (secondary N) is 1. The summed E-state index contributed by atoms with van der Waals surface area (Å²) in [7, 11) is 0. The number of fused-ring (bicyclic) bond motifs is 1. The lowest BCUT2D eigenvalue weighted by Gasteiger charge is -2.20. The molecule has 0 radical (unpaired) electrons. The number of hydrogen-bond acceptors (Lipinski definition) is 2. The zero-order valence-electron chi connectivity index (χ0n) is 10.2. The highest BCUT2D eigenvalue weighted by Gasteiger charge is 2.14. The molecule has 2 heterocycles. The molecule has 2 nitrogen and oxygen atoms in total. The van der Waals surface area contributed by atoms with Crippen LogP contribution in [0.25, 0.3) is 6.08 Å². The van der Waals surface area contributed by atoms with E-state index in [0.29, 0.717) is 5.92 Å². The number of rotatable bonds is 2. The lowest BCUT2D eigenvalue weighted by atomic mass is 10.0. The van der Waals surface area contributed by atoms with Crippen molar-refractivity contribution < 1.29 is 0 Å². The third-order valence-corrected chi connectivity index (χ3v) is 2.97. The predicted molar refractivity (Wildman–Crippen MR) is 69.4 cm³/mol. The second-order valence-electron chi connectivity index (χ2n) is 4.48. The molecule has 1 aliphatic rings. The summed E-state index contributed by atoms with van der Waals surface area (Å²) in [5.41, 5.74) is 5.59. The number of allylic oxidation sites excluding steroid dienone is 1. The maximum atomic E-state index is 4.49. The van der Waals surface area contributed by atoms with Crippen LogP contribution in [0.15, 0.2) is 30.1 Å². The highest BCUT2D eigenvalue weighted by atomic mass is 14.9. The maximum absolute atomic E-state index is 4.49. The van der Waals surface area contributed by atoms with Crippen molar-refractivity contribution in [3.8, 4) is 0 Å². The summed E-state index contributed by atoms with van der Waals surface area (Å²) in [4.78, 5) is 4.49. The Labute approximate surface area is 97.1 Å². The Hall–Kier alpha value is -1.57. The molecule has 0 fully saturated rings. The van der Waals surface area contributed by atoms with E-state index in [1.165, 1.54) is 11.1 Å². The van der Waals surface area contributed by atoms with Gasteiger partial charge in [-0.05, 0) is 35.6 Å². The average molecular weight is 214 g/mol. The van der Waals surface area contributed by atoms with Gasteiger partial charge < -0.3 is 5.32 Å². The number of aromatic nitrogens is 1. The Kier molecular flexibility index (Phi) is 2.82. The zero-order chi connectivity index (χ0) is 11.7. The summed E-state index contributed by atoms with van der Waals surface area (Å²) in [6.07, 6.45) is 5.07. The van der Waals surface area contributed by atoms with Crippen LogP contribution in [0.2, 0.25) is 0 Å². The van der Waals surface area contributed by atoms with Gasteiger partial charge in [-0.25, -0.2) is 0 Å². The lowest BCUT2D eigenvalue weighted by molar-refractivity contribution is 0.857. The first kappa shape index (κ1) is 10.9. The Balaban J connectivity index is 2.44. The van der Waals surface area contributed by atoms with Crippen molar-refractivity contribution in [1.82, 2.24) is 4.98 Å². The fourth-order valence-electron chi connectivity index (χ4n) is 1.83. The van der Waals surface area contributed by atoms with Gasteiger partial charge in [0.1, 0.15) is 0 Å². The van der Waals surface area contributed by atoms with Crippen LogP contribution in [0, 0.1) is 0 Å². The minimum atomic E-state index is 0.504. The molecule has 0 unspecified atom stereocenters. The highest BCUT2D eigenvalue weighted by molar-refractivity contribution is 5.75. The van der Waals surface area contributed by atoms with E-state index in [4.69, 9.17) is 0 Å². The quantitative estimate of drug-likeness (QED) is 0.806. The van der Waals surface area contributed by atoms with Crippen LogP contribution in [-0.4, -0.2) is 4.98 Å². The summed E-state index contributed by atoms with van der Waals surface area (Å²) in [5, 5.41) is 3.33. The molecule has 2 heteroatoms. The smallest absolute Gasteiger partial charge is 0.0868 e. The first-order chi connectivity index (χ1) is 7.61. The lowest BCUT2D eigenvalue weighted by Crippen LogP contribution is -2.09. The van der Waals surface area contributed by atoms with Crippen LogP contribution in [0.5, 0.6) is 0 Å². The topological polar surface area (TPSA) is 24.9 Å². The molecule has 1 N–H and O–H groups in total. The van der Waals surface area contributed by atoms with Crippen molar-refractivity contribution in [1.29, 1.82) is 0 Å². The number of nitrogens with zero attached hydrogens (tertiary/aromatic N) is 1. The van der Waals surface area contributed by atoms with Gasteiger partial charge in [-0.1, -0.05) is 27.4 Å². The standard InChI is InChI=1S/C14H18N2/c1-5-11-6-13-14(16-10(11)4)7-12(8-15-13)9(2)3/h6-9,16H,4-5H2,1-3H3. The van der Waals surface area contributed by atoms with Crippen LogP contribution >= 0.6 is 0 Å². The van der Waals surface area contributed by atoms with Crippen LogP contribution < -0.4 is 5.32 Å². The molecule has 0 atom stereocenters. The fraction of sp³-hybridized carbons (Fsp3) is 0.357. The third kappa shape index (κ3) is 1.87. The molecular formula is C14H18N2. The van der Waals surface area contributed by atoms with E-state index in [1.807, 2.05) is 6.20 Å². The highest BCUT2D eigenvalue weighted by Crippen LogP contribution is 2.30. The molecule has 16 heavy (non-hydrogen) atoms. The number of anilines is 1. The first-order valence-electron chi connectivity index (χ1n) is 5.78. The molecule has 1 aliphatic heterocycles. The molecule has 0 bridgehead atoms. The van der Waals surface area contributed by atoms with Crippen molar-refractivity contribution in [2.24, 2.45) is 0 Å². The Morgan fingerprint density at radius 3 is 2.81 bits per heavy atom. The van der Waals surface area contributed by atoms with Crippen LogP contribution in [-0.2, 0) is 0 Å². The van der Waals surface area contributed by atoms with Crippen molar-refractivity contribution in [3.63, 3.8) is 0 Å². The van der Waals surface area contributed by atoms with Crippen molar-refractivity contribution in [2.75, 3.05) is 5.32 Å². The normalized spacial score (nSPS) is 14.5. The SMILES string of the molecule is C=C1Nc2cc(C(C)C)cnc2C=C1CC. The fourth-order valence-corrected chi connectivity index (χ4v) is 1.83. The molecule has 1 aromatic heterocycles. The van der Waals surface area contributed by atoms with Gasteiger partial charge in [-0.2, -0.15) is 0 Å². The van der Waals surface area contributed by atoms with E-state index in [2.05, 4.69) is 49.8 Å². The molecule has 0 aliphatic carbocycles. The first-order valence-corrected chi connectivity index (χ1v) is 5.78. The molecule has 0 amide bonds. The van der Waals surface area contributed by atoms with E-state index >= 15 is 0 Å². The molecular weight excluding hydrogens is 196 g/mol. The average Bonchev–Trinajstić information content (AvgIpc) is 2.27. The van der Waals surface area contributed by atoms with Crippen molar-refractivity contribution >= 4 is 11.8 Å². The minimum absolute atomic E-state index is 0.504. The van der Waals surface area contributed by atoms with E-state index in [9.17, 15) is 0 Å². The predicted octanol–water partition coefficient (Wildman–Crippen LogP) is 3.94. The molecule has 1 aromatic rings. The summed E-state index contributed by atoms with van der Waals surface area (Å²) in [5.74, 6) is 0.504. The summed E-state index contributed by atoms with van der Waals surface area (Å²) < 4.78 is 0. The number of hydrogen-bond donors (Lipinski definition) is 1. The monoisotopic (exact) mass is 214 g/mol. The van der Waals surface area contributed by atoms with Gasteiger partial charge in [-0.15, -0.1) is 0 Å². The zero-order valence-corrected chi connectivity index (χ0v) is 10.2. The molecule has 84 valence electrons. The van der Waals surface area contributed by atoms with E-state index in [-0.39, 0.29) is 0 Å². The van der Waals surface area contributed by atoms with E-state index in [1.54, 1.807) is 0 Å². The minimum Gasteiger partial charge on any atom is -0.354 e. The largest absolute Gasteiger partial charge is 0.354 e. The molecule has 0 spiro atoms. The summed E-state index contributed by atoms with van der Waals surface area (Å²) >= 11 is 0. The van der Waals surface area contributed by atoms with Gasteiger partial charge in [0.25, 0.3) is 0 Å². The molecule has 2 rings (SSSR count). The Morgan fingerprint density at radius 1 is 1.44 bits per heavy atom. The van der Waals surface area contributed by atoms with Gasteiger partial charge >= 0.3 is 0 Å².